The van der Waals surface area contributed by atoms with Gasteiger partial charge in [0.05, 0.1) is 31.0 Å². The number of rotatable bonds is 8. The first-order valence-electron chi connectivity index (χ1n) is 11.1. The van der Waals surface area contributed by atoms with E-state index in [0.29, 0.717) is 40.4 Å². The molecule has 176 valence electrons. The third kappa shape index (κ3) is 5.26. The van der Waals surface area contributed by atoms with Crippen molar-refractivity contribution in [2.75, 3.05) is 38.7 Å². The molecule has 0 atom stereocenters. The highest BCUT2D eigenvalue weighted by Gasteiger charge is 2.17. The SMILES string of the molecule is COc1cc2c(Nc3c(F)ccc(O)c3C)ncnc2cc1OCCCN1CCC(O)CC1. The number of piperidine rings is 1. The number of hydrogen-bond donors (Lipinski definition) is 3. The van der Waals surface area contributed by atoms with E-state index in [1.54, 1.807) is 26.2 Å². The number of aromatic hydroxyl groups is 1. The molecule has 0 spiro atoms. The molecule has 1 saturated heterocycles. The molecule has 0 amide bonds. The van der Waals surface area contributed by atoms with Gasteiger partial charge in [-0.3, -0.25) is 0 Å². The van der Waals surface area contributed by atoms with E-state index in [1.165, 1.54) is 18.5 Å². The lowest BCUT2D eigenvalue weighted by atomic mass is 10.1. The van der Waals surface area contributed by atoms with E-state index in [9.17, 15) is 14.6 Å². The van der Waals surface area contributed by atoms with Gasteiger partial charge in [0.15, 0.2) is 11.5 Å². The summed E-state index contributed by atoms with van der Waals surface area (Å²) in [6, 6.07) is 6.06. The molecule has 2 heterocycles. The summed E-state index contributed by atoms with van der Waals surface area (Å²) in [6.07, 6.45) is 3.71. The fourth-order valence-electron chi connectivity index (χ4n) is 3.99. The summed E-state index contributed by atoms with van der Waals surface area (Å²) in [7, 11) is 1.56. The second-order valence-electron chi connectivity index (χ2n) is 8.21. The van der Waals surface area contributed by atoms with Crippen molar-refractivity contribution in [3.05, 3.63) is 42.0 Å². The van der Waals surface area contributed by atoms with E-state index >= 15 is 0 Å². The smallest absolute Gasteiger partial charge is 0.163 e. The van der Waals surface area contributed by atoms with Crippen molar-refractivity contribution < 1.29 is 24.1 Å². The maximum Gasteiger partial charge on any atom is 0.163 e. The quantitative estimate of drug-likeness (QED) is 0.441. The van der Waals surface area contributed by atoms with Crippen LogP contribution in [0.2, 0.25) is 0 Å². The molecular weight excluding hydrogens is 427 g/mol. The predicted molar refractivity (Wildman–Crippen MR) is 124 cm³/mol. The van der Waals surface area contributed by atoms with Crippen molar-refractivity contribution in [1.82, 2.24) is 14.9 Å². The van der Waals surface area contributed by atoms with Gasteiger partial charge in [-0.2, -0.15) is 0 Å². The first-order chi connectivity index (χ1) is 16.0. The molecule has 0 radical (unpaired) electrons. The third-order valence-corrected chi connectivity index (χ3v) is 5.98. The number of methoxy groups -OCH3 is 1. The number of phenols is 1. The Balaban J connectivity index is 1.49. The topological polar surface area (TPSA) is 100.0 Å². The van der Waals surface area contributed by atoms with Gasteiger partial charge in [0.2, 0.25) is 0 Å². The van der Waals surface area contributed by atoms with Crippen LogP contribution in [0.1, 0.15) is 24.8 Å². The Bertz CT molecular complexity index is 1120. The zero-order valence-corrected chi connectivity index (χ0v) is 18.8. The number of anilines is 2. The summed E-state index contributed by atoms with van der Waals surface area (Å²) < 4.78 is 25.9. The number of aliphatic hydroxyl groups is 1. The lowest BCUT2D eigenvalue weighted by Gasteiger charge is -2.29. The summed E-state index contributed by atoms with van der Waals surface area (Å²) >= 11 is 0. The standard InChI is InChI=1S/C24H29FN4O4/c1-15-20(31)5-4-18(25)23(15)28-24-17-12-21(32-2)22(13-19(17)26-14-27-24)33-11-3-8-29-9-6-16(30)7-10-29/h4-5,12-14,16,30-31H,3,6-11H2,1-2H3,(H,26,27,28). The average molecular weight is 457 g/mol. The number of aromatic nitrogens is 2. The largest absolute Gasteiger partial charge is 0.508 e. The molecule has 1 aromatic heterocycles. The Hall–Kier alpha value is -3.17. The normalized spacial score (nSPS) is 15.0. The average Bonchev–Trinajstić information content (AvgIpc) is 2.82. The van der Waals surface area contributed by atoms with Crippen LogP contribution in [-0.2, 0) is 0 Å². The number of hydrogen-bond acceptors (Lipinski definition) is 8. The fraction of sp³-hybridized carbons (Fsp3) is 0.417. The third-order valence-electron chi connectivity index (χ3n) is 5.98. The fourth-order valence-corrected chi connectivity index (χ4v) is 3.99. The predicted octanol–water partition coefficient (Wildman–Crippen LogP) is 3.76. The summed E-state index contributed by atoms with van der Waals surface area (Å²) in [6.45, 7) is 4.88. The lowest BCUT2D eigenvalue weighted by molar-refractivity contribution is 0.0799. The second kappa shape index (κ2) is 10.2. The number of benzene rings is 2. The van der Waals surface area contributed by atoms with E-state index in [2.05, 4.69) is 20.2 Å². The zero-order chi connectivity index (χ0) is 23.4. The molecule has 2 aromatic carbocycles. The number of ether oxygens (including phenoxy) is 2. The summed E-state index contributed by atoms with van der Waals surface area (Å²) in [5, 5.41) is 23.2. The van der Waals surface area contributed by atoms with Crippen LogP contribution in [0.3, 0.4) is 0 Å². The van der Waals surface area contributed by atoms with Crippen molar-refractivity contribution in [1.29, 1.82) is 0 Å². The molecule has 0 bridgehead atoms. The maximum absolute atomic E-state index is 14.4. The van der Waals surface area contributed by atoms with Crippen molar-refractivity contribution >= 4 is 22.4 Å². The number of halogens is 1. The van der Waals surface area contributed by atoms with E-state index in [1.807, 2.05) is 0 Å². The molecule has 1 aliphatic heterocycles. The van der Waals surface area contributed by atoms with E-state index in [-0.39, 0.29) is 17.5 Å². The Morgan fingerprint density at radius 2 is 1.97 bits per heavy atom. The molecule has 3 N–H and O–H groups in total. The van der Waals surface area contributed by atoms with E-state index in [4.69, 9.17) is 9.47 Å². The molecule has 0 unspecified atom stereocenters. The zero-order valence-electron chi connectivity index (χ0n) is 18.8. The Kier molecular flexibility index (Phi) is 7.10. The van der Waals surface area contributed by atoms with Crippen molar-refractivity contribution in [2.24, 2.45) is 0 Å². The van der Waals surface area contributed by atoms with E-state index in [0.717, 1.165) is 38.9 Å². The van der Waals surface area contributed by atoms with Crippen LogP contribution in [0.4, 0.5) is 15.9 Å². The monoisotopic (exact) mass is 456 g/mol. The van der Waals surface area contributed by atoms with Gasteiger partial charge in [-0.1, -0.05) is 0 Å². The van der Waals surface area contributed by atoms with Crippen molar-refractivity contribution in [3.63, 3.8) is 0 Å². The van der Waals surface area contributed by atoms with Gasteiger partial charge in [-0.25, -0.2) is 14.4 Å². The van der Waals surface area contributed by atoms with Crippen LogP contribution in [0.15, 0.2) is 30.6 Å². The lowest BCUT2D eigenvalue weighted by Crippen LogP contribution is -2.36. The van der Waals surface area contributed by atoms with Crippen LogP contribution in [0.5, 0.6) is 17.2 Å². The first kappa shape index (κ1) is 23.0. The minimum absolute atomic E-state index is 0.00809. The van der Waals surface area contributed by atoms with Crippen molar-refractivity contribution in [2.45, 2.75) is 32.3 Å². The molecule has 4 rings (SSSR count). The van der Waals surface area contributed by atoms with E-state index < -0.39 is 5.82 Å². The van der Waals surface area contributed by atoms with Crippen LogP contribution in [0, 0.1) is 12.7 Å². The van der Waals surface area contributed by atoms with Gasteiger partial charge >= 0.3 is 0 Å². The Morgan fingerprint density at radius 3 is 2.73 bits per heavy atom. The first-order valence-corrected chi connectivity index (χ1v) is 11.1. The molecule has 3 aromatic rings. The van der Waals surface area contributed by atoms with Crippen LogP contribution >= 0.6 is 0 Å². The van der Waals surface area contributed by atoms with Crippen molar-refractivity contribution in [3.8, 4) is 17.2 Å². The number of nitrogens with zero attached hydrogens (tertiary/aromatic N) is 3. The van der Waals surface area contributed by atoms with Gasteiger partial charge in [0, 0.05) is 36.7 Å². The van der Waals surface area contributed by atoms with Crippen LogP contribution in [0.25, 0.3) is 10.9 Å². The highest BCUT2D eigenvalue weighted by Crippen LogP contribution is 2.36. The number of likely N-dealkylation sites (tertiary alicyclic amines) is 1. The highest BCUT2D eigenvalue weighted by atomic mass is 19.1. The Morgan fingerprint density at radius 1 is 1.18 bits per heavy atom. The molecule has 1 fully saturated rings. The molecule has 0 saturated carbocycles. The Labute approximate surface area is 192 Å². The maximum atomic E-state index is 14.4. The number of phenolic OH excluding ortho intramolecular Hbond substituents is 1. The van der Waals surface area contributed by atoms with Crippen LogP contribution < -0.4 is 14.8 Å². The van der Waals surface area contributed by atoms with Gasteiger partial charge in [-0.15, -0.1) is 0 Å². The minimum Gasteiger partial charge on any atom is -0.508 e. The van der Waals surface area contributed by atoms with Crippen LogP contribution in [-0.4, -0.2) is 64.5 Å². The summed E-state index contributed by atoms with van der Waals surface area (Å²) in [4.78, 5) is 10.9. The molecule has 8 nitrogen and oxygen atoms in total. The number of fused-ring (bicyclic) bond motifs is 1. The van der Waals surface area contributed by atoms with Gasteiger partial charge < -0.3 is 29.9 Å². The van der Waals surface area contributed by atoms with Gasteiger partial charge in [0.25, 0.3) is 0 Å². The highest BCUT2D eigenvalue weighted by molar-refractivity contribution is 5.93. The van der Waals surface area contributed by atoms with Gasteiger partial charge in [0.1, 0.15) is 23.7 Å². The summed E-state index contributed by atoms with van der Waals surface area (Å²) in [5.41, 5.74) is 1.16. The minimum atomic E-state index is -0.493. The second-order valence-corrected chi connectivity index (χ2v) is 8.21. The summed E-state index contributed by atoms with van der Waals surface area (Å²) in [5.74, 6) is 0.987. The number of nitrogens with one attached hydrogen (secondary N) is 1. The molecule has 0 aliphatic carbocycles. The van der Waals surface area contributed by atoms with Gasteiger partial charge in [-0.05, 0) is 44.4 Å². The number of aliphatic hydroxyl groups excluding tert-OH is 1. The molecular formula is C24H29FN4O4. The molecule has 1 aliphatic rings. The molecule has 9 heteroatoms. The molecule has 33 heavy (non-hydrogen) atoms.